The highest BCUT2D eigenvalue weighted by Gasteiger charge is 2.30. The molecule has 2 heterocycles. The highest BCUT2D eigenvalue weighted by Crippen LogP contribution is 2.34. The fourth-order valence-corrected chi connectivity index (χ4v) is 5.99. The molecular weight excluding hydrogens is 656 g/mol. The Hall–Kier alpha value is -2.24. The summed E-state index contributed by atoms with van der Waals surface area (Å²) in [7, 11) is 1.75. The Balaban J connectivity index is 1.26. The molecule has 0 spiro atoms. The number of morpholine rings is 1. The van der Waals surface area contributed by atoms with Gasteiger partial charge in [-0.1, -0.05) is 35.3 Å². The van der Waals surface area contributed by atoms with Gasteiger partial charge in [0.05, 0.1) is 37.4 Å². The zero-order valence-corrected chi connectivity index (χ0v) is 25.0. The zero-order chi connectivity index (χ0) is 26.6. The van der Waals surface area contributed by atoms with Gasteiger partial charge in [-0.15, -0.1) is 0 Å². The molecule has 0 radical (unpaired) electrons. The third kappa shape index (κ3) is 6.48. The van der Waals surface area contributed by atoms with Crippen molar-refractivity contribution in [1.29, 1.82) is 0 Å². The summed E-state index contributed by atoms with van der Waals surface area (Å²) in [6.07, 6.45) is 1.89. The molecule has 10 heteroatoms. The second-order valence-corrected chi connectivity index (χ2v) is 11.7. The topological polar surface area (TPSA) is 54.4 Å². The SMILES string of the molecule is CN1C(=O)/C(=C/c2ccc(OCc3ccc(Cl)c(Cl)c3)c(I)c2)SC1=Nc1ccc(N2CCOCC2)cc1. The van der Waals surface area contributed by atoms with Gasteiger partial charge >= 0.3 is 0 Å². The van der Waals surface area contributed by atoms with E-state index in [9.17, 15) is 4.79 Å². The summed E-state index contributed by atoms with van der Waals surface area (Å²) < 4.78 is 12.3. The standard InChI is InChI=1S/C28H24Cl2IN3O3S/c1-33-27(35)26(38-28(33)32-20-4-6-21(7-5-20)34-10-12-36-13-11-34)16-18-3-9-25(24(31)15-18)37-17-19-2-8-22(29)23(30)14-19/h2-9,14-16H,10-13,17H2,1H3/b26-16-,32-28?. The van der Waals surface area contributed by atoms with Gasteiger partial charge in [-0.05, 0) is 100 Å². The second-order valence-electron chi connectivity index (χ2n) is 8.71. The van der Waals surface area contributed by atoms with Crippen molar-refractivity contribution in [3.8, 4) is 5.75 Å². The summed E-state index contributed by atoms with van der Waals surface area (Å²) in [5.41, 5.74) is 3.81. The van der Waals surface area contributed by atoms with Crippen LogP contribution < -0.4 is 9.64 Å². The number of hydrogen-bond acceptors (Lipinski definition) is 6. The average Bonchev–Trinajstić information content (AvgIpc) is 3.18. The molecule has 0 unspecified atom stereocenters. The van der Waals surface area contributed by atoms with Gasteiger partial charge < -0.3 is 14.4 Å². The summed E-state index contributed by atoms with van der Waals surface area (Å²) in [5.74, 6) is 0.678. The smallest absolute Gasteiger partial charge is 0.266 e. The van der Waals surface area contributed by atoms with Gasteiger partial charge in [0.2, 0.25) is 0 Å². The monoisotopic (exact) mass is 679 g/mol. The fourth-order valence-electron chi connectivity index (χ4n) is 3.99. The summed E-state index contributed by atoms with van der Waals surface area (Å²) in [6.45, 7) is 3.64. The van der Waals surface area contributed by atoms with Crippen molar-refractivity contribution in [2.75, 3.05) is 38.3 Å². The molecular formula is C28H24Cl2IN3O3S. The zero-order valence-electron chi connectivity index (χ0n) is 20.5. The molecule has 0 N–H and O–H groups in total. The lowest BCUT2D eigenvalue weighted by molar-refractivity contribution is -0.121. The fraction of sp³-hybridized carbons (Fsp3) is 0.214. The van der Waals surface area contributed by atoms with Gasteiger partial charge in [-0.25, -0.2) is 4.99 Å². The molecule has 38 heavy (non-hydrogen) atoms. The van der Waals surface area contributed by atoms with Crippen LogP contribution in [0.2, 0.25) is 10.0 Å². The maximum absolute atomic E-state index is 12.9. The number of carbonyl (C=O) groups excluding carboxylic acids is 1. The molecule has 0 aliphatic carbocycles. The van der Waals surface area contributed by atoms with Gasteiger partial charge in [0.25, 0.3) is 5.91 Å². The lowest BCUT2D eigenvalue weighted by Gasteiger charge is -2.28. The van der Waals surface area contributed by atoms with Crippen LogP contribution in [-0.4, -0.2) is 49.3 Å². The van der Waals surface area contributed by atoms with Crippen LogP contribution in [0.3, 0.4) is 0 Å². The first-order valence-corrected chi connectivity index (χ1v) is 14.6. The first-order chi connectivity index (χ1) is 18.4. The number of thioether (sulfide) groups is 1. The Morgan fingerprint density at radius 2 is 1.82 bits per heavy atom. The Bertz CT molecular complexity index is 1410. The molecule has 6 nitrogen and oxygen atoms in total. The minimum Gasteiger partial charge on any atom is -0.488 e. The summed E-state index contributed by atoms with van der Waals surface area (Å²) in [6, 6.07) is 19.4. The van der Waals surface area contributed by atoms with Crippen LogP contribution in [-0.2, 0) is 16.1 Å². The average molecular weight is 680 g/mol. The van der Waals surface area contributed by atoms with Crippen LogP contribution in [0, 0.1) is 3.57 Å². The van der Waals surface area contributed by atoms with Crippen molar-refractivity contribution >= 4 is 86.1 Å². The van der Waals surface area contributed by atoms with Crippen LogP contribution in [0.25, 0.3) is 6.08 Å². The van der Waals surface area contributed by atoms with Crippen molar-refractivity contribution in [2.45, 2.75) is 6.61 Å². The lowest BCUT2D eigenvalue weighted by Crippen LogP contribution is -2.36. The van der Waals surface area contributed by atoms with Gasteiger partial charge in [-0.3, -0.25) is 9.69 Å². The van der Waals surface area contributed by atoms with Gasteiger partial charge in [0.1, 0.15) is 12.4 Å². The van der Waals surface area contributed by atoms with E-state index < -0.39 is 0 Å². The van der Waals surface area contributed by atoms with Crippen molar-refractivity contribution < 1.29 is 14.3 Å². The molecule has 196 valence electrons. The molecule has 2 aliphatic heterocycles. The molecule has 1 amide bonds. The Morgan fingerprint density at radius 3 is 2.53 bits per heavy atom. The third-order valence-electron chi connectivity index (χ3n) is 6.09. The number of carbonyl (C=O) groups is 1. The first-order valence-electron chi connectivity index (χ1n) is 11.9. The van der Waals surface area contributed by atoms with E-state index in [4.69, 9.17) is 37.7 Å². The van der Waals surface area contributed by atoms with Gasteiger partial charge in [0, 0.05) is 25.8 Å². The molecule has 0 bridgehead atoms. The number of likely N-dealkylation sites (N-methyl/N-ethyl adjacent to an activating group) is 1. The number of benzene rings is 3. The molecule has 3 aromatic carbocycles. The minimum absolute atomic E-state index is 0.0753. The molecule has 0 atom stereocenters. The summed E-state index contributed by atoms with van der Waals surface area (Å²) in [5, 5.41) is 1.67. The van der Waals surface area contributed by atoms with E-state index in [1.165, 1.54) is 11.8 Å². The van der Waals surface area contributed by atoms with Crippen LogP contribution in [0.5, 0.6) is 5.75 Å². The molecule has 2 fully saturated rings. The normalized spacial score (nSPS) is 18.1. The number of ether oxygens (including phenoxy) is 2. The van der Waals surface area contributed by atoms with Crippen LogP contribution in [0.4, 0.5) is 11.4 Å². The summed E-state index contributed by atoms with van der Waals surface area (Å²) >= 11 is 15.7. The summed E-state index contributed by atoms with van der Waals surface area (Å²) in [4.78, 5) is 22.2. The lowest BCUT2D eigenvalue weighted by atomic mass is 10.2. The van der Waals surface area contributed by atoms with Crippen molar-refractivity contribution in [1.82, 2.24) is 4.90 Å². The second kappa shape index (κ2) is 12.3. The number of hydrogen-bond donors (Lipinski definition) is 0. The van der Waals surface area contributed by atoms with E-state index in [1.807, 2.05) is 42.5 Å². The Morgan fingerprint density at radius 1 is 1.05 bits per heavy atom. The Kier molecular flexibility index (Phi) is 8.84. The number of nitrogens with zero attached hydrogens (tertiary/aromatic N) is 3. The van der Waals surface area contributed by atoms with Crippen molar-refractivity contribution in [2.24, 2.45) is 4.99 Å². The van der Waals surface area contributed by atoms with E-state index in [2.05, 4.69) is 39.6 Å². The van der Waals surface area contributed by atoms with E-state index in [0.29, 0.717) is 26.7 Å². The number of halogens is 3. The molecule has 2 aliphatic rings. The largest absolute Gasteiger partial charge is 0.488 e. The van der Waals surface area contributed by atoms with Gasteiger partial charge in [0.15, 0.2) is 5.17 Å². The van der Waals surface area contributed by atoms with E-state index in [1.54, 1.807) is 24.1 Å². The highest BCUT2D eigenvalue weighted by atomic mass is 127. The molecule has 0 saturated carbocycles. The molecule has 3 aromatic rings. The van der Waals surface area contributed by atoms with E-state index in [-0.39, 0.29) is 5.91 Å². The van der Waals surface area contributed by atoms with Crippen LogP contribution >= 0.6 is 57.6 Å². The maximum Gasteiger partial charge on any atom is 0.266 e. The third-order valence-corrected chi connectivity index (χ3v) is 8.73. The molecule has 2 saturated heterocycles. The van der Waals surface area contributed by atoms with Crippen molar-refractivity contribution in [3.63, 3.8) is 0 Å². The Labute approximate surface area is 249 Å². The molecule has 5 rings (SSSR count). The number of rotatable bonds is 6. The predicted molar refractivity (Wildman–Crippen MR) is 165 cm³/mol. The van der Waals surface area contributed by atoms with Crippen LogP contribution in [0.1, 0.15) is 11.1 Å². The minimum atomic E-state index is -0.0753. The number of aliphatic imine (C=N–C) groups is 1. The quantitative estimate of drug-likeness (QED) is 0.203. The van der Waals surface area contributed by atoms with E-state index >= 15 is 0 Å². The van der Waals surface area contributed by atoms with Crippen molar-refractivity contribution in [3.05, 3.63) is 90.3 Å². The first kappa shape index (κ1) is 27.3. The van der Waals surface area contributed by atoms with E-state index in [0.717, 1.165) is 58.1 Å². The molecule has 0 aromatic heterocycles. The highest BCUT2D eigenvalue weighted by molar-refractivity contribution is 14.1. The maximum atomic E-state index is 12.9. The van der Waals surface area contributed by atoms with Crippen LogP contribution in [0.15, 0.2) is 70.6 Å². The predicted octanol–water partition coefficient (Wildman–Crippen LogP) is 7.25. The van der Waals surface area contributed by atoms with Gasteiger partial charge in [-0.2, -0.15) is 0 Å². The number of anilines is 1. The number of amides is 1. The number of amidine groups is 1.